The second-order valence-corrected chi connectivity index (χ2v) is 4.68. The number of aryl methyl sites for hydroxylation is 1. The third-order valence-electron chi connectivity index (χ3n) is 3.33. The maximum Gasteiger partial charge on any atom is 0.290 e. The predicted octanol–water partition coefficient (Wildman–Crippen LogP) is 1.96. The Kier molecular flexibility index (Phi) is 4.93. The number of nitrogens with zero attached hydrogens (tertiary/aromatic N) is 1. The fourth-order valence-electron chi connectivity index (χ4n) is 2.19. The topological polar surface area (TPSA) is 62.9 Å². The maximum atomic E-state index is 13.7. The summed E-state index contributed by atoms with van der Waals surface area (Å²) >= 11 is 0. The molecular weight excluding hydrogens is 277 g/mol. The molecule has 0 unspecified atom stereocenters. The van der Waals surface area contributed by atoms with E-state index in [-0.39, 0.29) is 30.4 Å². The molecule has 5 nitrogen and oxygen atoms in total. The SMILES string of the molecule is COCCN(CCO)C(=O)c1oc2c(F)cccc2c1C. The van der Waals surface area contributed by atoms with Crippen molar-refractivity contribution in [3.63, 3.8) is 0 Å². The number of para-hydroxylation sites is 1. The van der Waals surface area contributed by atoms with Gasteiger partial charge in [-0.1, -0.05) is 12.1 Å². The zero-order valence-electron chi connectivity index (χ0n) is 12.1. The van der Waals surface area contributed by atoms with Gasteiger partial charge in [-0.15, -0.1) is 0 Å². The predicted molar refractivity (Wildman–Crippen MR) is 75.8 cm³/mol. The quantitative estimate of drug-likeness (QED) is 0.885. The number of ether oxygens (including phenoxy) is 1. The average Bonchev–Trinajstić information content (AvgIpc) is 2.82. The van der Waals surface area contributed by atoms with Gasteiger partial charge in [0.15, 0.2) is 17.2 Å². The molecule has 0 aliphatic rings. The molecule has 0 spiro atoms. The highest BCUT2D eigenvalue weighted by molar-refractivity contribution is 5.99. The fraction of sp³-hybridized carbons (Fsp3) is 0.400. The molecule has 114 valence electrons. The first-order valence-corrected chi connectivity index (χ1v) is 6.66. The van der Waals surface area contributed by atoms with Crippen LogP contribution in [0.5, 0.6) is 0 Å². The Labute approximate surface area is 121 Å². The van der Waals surface area contributed by atoms with E-state index in [9.17, 15) is 9.18 Å². The summed E-state index contributed by atoms with van der Waals surface area (Å²) in [4.78, 5) is 13.9. The Morgan fingerprint density at radius 1 is 1.43 bits per heavy atom. The minimum Gasteiger partial charge on any atom is -0.448 e. The first kappa shape index (κ1) is 15.5. The van der Waals surface area contributed by atoms with E-state index < -0.39 is 5.82 Å². The summed E-state index contributed by atoms with van der Waals surface area (Å²) in [6.07, 6.45) is 0. The van der Waals surface area contributed by atoms with Crippen molar-refractivity contribution in [2.45, 2.75) is 6.92 Å². The van der Waals surface area contributed by atoms with E-state index in [1.54, 1.807) is 19.1 Å². The van der Waals surface area contributed by atoms with Gasteiger partial charge in [-0.3, -0.25) is 4.79 Å². The summed E-state index contributed by atoms with van der Waals surface area (Å²) in [5.74, 6) is -0.783. The van der Waals surface area contributed by atoms with Crippen LogP contribution in [-0.2, 0) is 4.74 Å². The normalized spacial score (nSPS) is 11.0. The minimum atomic E-state index is -0.500. The first-order chi connectivity index (χ1) is 10.1. The van der Waals surface area contributed by atoms with Crippen molar-refractivity contribution in [2.75, 3.05) is 33.4 Å². The Bertz CT molecular complexity index is 638. The van der Waals surface area contributed by atoms with Crippen molar-refractivity contribution in [1.82, 2.24) is 4.90 Å². The van der Waals surface area contributed by atoms with Crippen molar-refractivity contribution in [1.29, 1.82) is 0 Å². The summed E-state index contributed by atoms with van der Waals surface area (Å²) in [6.45, 7) is 2.39. The molecule has 1 aromatic carbocycles. The van der Waals surface area contributed by atoms with Crippen molar-refractivity contribution in [3.8, 4) is 0 Å². The molecule has 0 radical (unpaired) electrons. The van der Waals surface area contributed by atoms with Gasteiger partial charge in [0.1, 0.15) is 0 Å². The number of carbonyl (C=O) groups excluding carboxylic acids is 1. The number of amides is 1. The molecule has 1 heterocycles. The minimum absolute atomic E-state index is 0.0778. The highest BCUT2D eigenvalue weighted by Gasteiger charge is 2.23. The standard InChI is InChI=1S/C15H18FNO4/c1-10-11-4-3-5-12(16)14(11)21-13(10)15(19)17(6-8-18)7-9-20-2/h3-5,18H,6-9H2,1-2H3. The van der Waals surface area contributed by atoms with Crippen molar-refractivity contribution in [2.24, 2.45) is 0 Å². The third-order valence-corrected chi connectivity index (χ3v) is 3.33. The molecule has 0 saturated heterocycles. The number of hydrogen-bond acceptors (Lipinski definition) is 4. The molecule has 0 atom stereocenters. The summed E-state index contributed by atoms with van der Waals surface area (Å²) in [5, 5.41) is 9.64. The van der Waals surface area contributed by atoms with Crippen LogP contribution in [0.2, 0.25) is 0 Å². The lowest BCUT2D eigenvalue weighted by Crippen LogP contribution is -2.36. The van der Waals surface area contributed by atoms with Gasteiger partial charge in [-0.05, 0) is 13.0 Å². The number of aliphatic hydroxyl groups excluding tert-OH is 1. The molecule has 6 heteroatoms. The van der Waals surface area contributed by atoms with E-state index in [1.807, 2.05) is 0 Å². The van der Waals surface area contributed by atoms with Crippen LogP contribution in [-0.4, -0.2) is 49.3 Å². The molecule has 0 fully saturated rings. The lowest BCUT2D eigenvalue weighted by atomic mass is 10.1. The number of furan rings is 1. The van der Waals surface area contributed by atoms with Crippen LogP contribution in [0, 0.1) is 12.7 Å². The van der Waals surface area contributed by atoms with Gasteiger partial charge in [-0.25, -0.2) is 4.39 Å². The molecule has 1 N–H and O–H groups in total. The molecule has 2 rings (SSSR count). The van der Waals surface area contributed by atoms with Crippen LogP contribution < -0.4 is 0 Å². The van der Waals surface area contributed by atoms with Crippen LogP contribution in [0.25, 0.3) is 11.0 Å². The Morgan fingerprint density at radius 3 is 2.81 bits per heavy atom. The van der Waals surface area contributed by atoms with Crippen LogP contribution in [0.4, 0.5) is 4.39 Å². The summed E-state index contributed by atoms with van der Waals surface area (Å²) in [6, 6.07) is 4.57. The molecule has 1 aromatic heterocycles. The number of aliphatic hydroxyl groups is 1. The number of halogens is 1. The number of hydrogen-bond donors (Lipinski definition) is 1. The lowest BCUT2D eigenvalue weighted by molar-refractivity contribution is 0.0627. The first-order valence-electron chi connectivity index (χ1n) is 6.66. The van der Waals surface area contributed by atoms with Crippen LogP contribution >= 0.6 is 0 Å². The number of carbonyl (C=O) groups is 1. The summed E-state index contributed by atoms with van der Waals surface area (Å²) < 4.78 is 24.1. The molecule has 1 amide bonds. The van der Waals surface area contributed by atoms with Gasteiger partial charge in [0, 0.05) is 31.1 Å². The third kappa shape index (κ3) is 3.06. The number of fused-ring (bicyclic) bond motifs is 1. The van der Waals surface area contributed by atoms with Crippen LogP contribution in [0.1, 0.15) is 16.1 Å². The van der Waals surface area contributed by atoms with Crippen molar-refractivity contribution in [3.05, 3.63) is 35.3 Å². The van der Waals surface area contributed by atoms with Crippen molar-refractivity contribution < 1.29 is 23.4 Å². The Balaban J connectivity index is 2.37. The van der Waals surface area contributed by atoms with Gasteiger partial charge in [0.2, 0.25) is 0 Å². The van der Waals surface area contributed by atoms with E-state index >= 15 is 0 Å². The summed E-state index contributed by atoms with van der Waals surface area (Å²) in [5.41, 5.74) is 0.670. The molecule has 0 aliphatic heterocycles. The van der Waals surface area contributed by atoms with E-state index in [0.29, 0.717) is 24.1 Å². The Hall–Kier alpha value is -1.92. The second-order valence-electron chi connectivity index (χ2n) is 4.68. The van der Waals surface area contributed by atoms with Gasteiger partial charge < -0.3 is 19.2 Å². The van der Waals surface area contributed by atoms with Crippen LogP contribution in [0.15, 0.2) is 22.6 Å². The number of methoxy groups -OCH3 is 1. The zero-order valence-corrected chi connectivity index (χ0v) is 12.1. The van der Waals surface area contributed by atoms with Gasteiger partial charge in [-0.2, -0.15) is 0 Å². The van der Waals surface area contributed by atoms with E-state index in [2.05, 4.69) is 0 Å². The second kappa shape index (κ2) is 6.69. The summed E-state index contributed by atoms with van der Waals surface area (Å²) in [7, 11) is 1.53. The highest BCUT2D eigenvalue weighted by atomic mass is 19.1. The number of benzene rings is 1. The molecule has 0 saturated carbocycles. The van der Waals surface area contributed by atoms with Gasteiger partial charge >= 0.3 is 0 Å². The molecule has 2 aromatic rings. The van der Waals surface area contributed by atoms with Gasteiger partial charge in [0.05, 0.1) is 13.2 Å². The van der Waals surface area contributed by atoms with Gasteiger partial charge in [0.25, 0.3) is 5.91 Å². The smallest absolute Gasteiger partial charge is 0.290 e. The molecule has 0 bridgehead atoms. The molecule has 21 heavy (non-hydrogen) atoms. The monoisotopic (exact) mass is 295 g/mol. The van der Waals surface area contributed by atoms with E-state index in [1.165, 1.54) is 18.1 Å². The van der Waals surface area contributed by atoms with E-state index in [0.717, 1.165) is 0 Å². The Morgan fingerprint density at radius 2 is 2.19 bits per heavy atom. The molecule has 0 aliphatic carbocycles. The largest absolute Gasteiger partial charge is 0.448 e. The van der Waals surface area contributed by atoms with Crippen molar-refractivity contribution >= 4 is 16.9 Å². The number of rotatable bonds is 6. The average molecular weight is 295 g/mol. The zero-order chi connectivity index (χ0) is 15.4. The fourth-order valence-corrected chi connectivity index (χ4v) is 2.19. The molecular formula is C15H18FNO4. The van der Waals surface area contributed by atoms with Crippen LogP contribution in [0.3, 0.4) is 0 Å². The lowest BCUT2D eigenvalue weighted by Gasteiger charge is -2.20. The van der Waals surface area contributed by atoms with E-state index in [4.69, 9.17) is 14.3 Å². The maximum absolute atomic E-state index is 13.7. The highest BCUT2D eigenvalue weighted by Crippen LogP contribution is 2.28.